The number of aromatic nitrogens is 3. The first-order valence-corrected chi connectivity index (χ1v) is 5.79. The Balaban J connectivity index is 2.66. The van der Waals surface area contributed by atoms with Crippen LogP contribution in [0.5, 0.6) is 0 Å². The highest BCUT2D eigenvalue weighted by Gasteiger charge is 2.23. The van der Waals surface area contributed by atoms with Crippen molar-refractivity contribution in [1.82, 2.24) is 14.8 Å². The summed E-state index contributed by atoms with van der Waals surface area (Å²) in [4.78, 5) is 15.4. The third kappa shape index (κ3) is 2.37. The number of hydrogen-bond donors (Lipinski definition) is 3. The first-order chi connectivity index (χ1) is 8.85. The van der Waals surface area contributed by atoms with Gasteiger partial charge in [-0.25, -0.2) is 9.78 Å². The molecule has 0 spiro atoms. The van der Waals surface area contributed by atoms with Crippen LogP contribution < -0.4 is 5.32 Å². The number of carboxylic acids is 1. The van der Waals surface area contributed by atoms with Gasteiger partial charge >= 0.3 is 5.97 Å². The van der Waals surface area contributed by atoms with Crippen LogP contribution in [0.25, 0.3) is 11.0 Å². The molecule has 102 valence electrons. The maximum atomic E-state index is 11.3. The highest BCUT2D eigenvalue weighted by Crippen LogP contribution is 2.28. The van der Waals surface area contributed by atoms with E-state index in [9.17, 15) is 15.0 Å². The number of aliphatic hydroxyl groups excluding tert-OH is 1. The van der Waals surface area contributed by atoms with Gasteiger partial charge in [-0.15, -0.1) is 0 Å². The summed E-state index contributed by atoms with van der Waals surface area (Å²) in [5.74, 6) is -1.07. The Morgan fingerprint density at radius 2 is 2.16 bits per heavy atom. The molecule has 7 heteroatoms. The molecule has 0 fully saturated rings. The lowest BCUT2D eigenvalue weighted by Crippen LogP contribution is -2.35. The predicted molar refractivity (Wildman–Crippen MR) is 70.3 cm³/mol. The van der Waals surface area contributed by atoms with Gasteiger partial charge in [0.05, 0.1) is 29.4 Å². The van der Waals surface area contributed by atoms with E-state index in [4.69, 9.17) is 0 Å². The molecule has 0 saturated carbocycles. The number of aliphatic hydroxyl groups is 1. The van der Waals surface area contributed by atoms with E-state index in [1.807, 2.05) is 0 Å². The van der Waals surface area contributed by atoms with E-state index >= 15 is 0 Å². The van der Waals surface area contributed by atoms with Crippen molar-refractivity contribution in [1.29, 1.82) is 0 Å². The molecule has 2 rings (SSSR count). The second kappa shape index (κ2) is 4.51. The van der Waals surface area contributed by atoms with Gasteiger partial charge in [-0.1, -0.05) is 0 Å². The molecule has 0 bridgehead atoms. The molecule has 7 nitrogen and oxygen atoms in total. The zero-order valence-corrected chi connectivity index (χ0v) is 11.0. The van der Waals surface area contributed by atoms with Gasteiger partial charge in [0.1, 0.15) is 5.56 Å². The molecule has 3 N–H and O–H groups in total. The number of pyridine rings is 1. The molecule has 0 radical (unpaired) electrons. The van der Waals surface area contributed by atoms with Crippen LogP contribution in [0.1, 0.15) is 24.2 Å². The monoisotopic (exact) mass is 264 g/mol. The Morgan fingerprint density at radius 1 is 1.47 bits per heavy atom. The van der Waals surface area contributed by atoms with Gasteiger partial charge in [0.25, 0.3) is 0 Å². The normalized spacial score (nSPS) is 11.8. The summed E-state index contributed by atoms with van der Waals surface area (Å²) in [5, 5.41) is 26.3. The molecule has 0 saturated heterocycles. The fraction of sp³-hybridized carbons (Fsp3) is 0.417. The van der Waals surface area contributed by atoms with Gasteiger partial charge in [0, 0.05) is 13.2 Å². The number of carbonyl (C=O) groups is 1. The van der Waals surface area contributed by atoms with E-state index in [1.54, 1.807) is 31.8 Å². The molecule has 0 aliphatic carbocycles. The van der Waals surface area contributed by atoms with Gasteiger partial charge in [0.2, 0.25) is 0 Å². The average molecular weight is 264 g/mol. The zero-order valence-electron chi connectivity index (χ0n) is 11.0. The summed E-state index contributed by atoms with van der Waals surface area (Å²) < 4.78 is 1.57. The smallest absolute Gasteiger partial charge is 0.339 e. The maximum absolute atomic E-state index is 11.3. The topological polar surface area (TPSA) is 100 Å². The molecule has 0 aromatic carbocycles. The first-order valence-electron chi connectivity index (χ1n) is 5.79. The third-order valence-electron chi connectivity index (χ3n) is 2.85. The van der Waals surface area contributed by atoms with Gasteiger partial charge in [-0.2, -0.15) is 5.10 Å². The molecular formula is C12H16N4O3. The minimum Gasteiger partial charge on any atom is -0.478 e. The van der Waals surface area contributed by atoms with Crippen molar-refractivity contribution in [3.05, 3.63) is 18.0 Å². The van der Waals surface area contributed by atoms with E-state index in [-0.39, 0.29) is 12.2 Å². The van der Waals surface area contributed by atoms with E-state index in [2.05, 4.69) is 15.4 Å². The van der Waals surface area contributed by atoms with Crippen LogP contribution in [0.3, 0.4) is 0 Å². The standard InChI is InChI=1S/C12H16N4O3/c1-12(2,6-17)15-9-7-5-14-16(3)10(7)13-4-8(9)11(18)19/h4-5,17H,6H2,1-3H3,(H,13,15)(H,18,19). The molecule has 2 heterocycles. The van der Waals surface area contributed by atoms with Crippen LogP contribution >= 0.6 is 0 Å². The molecular weight excluding hydrogens is 248 g/mol. The molecule has 0 atom stereocenters. The Bertz CT molecular complexity index is 633. The molecule has 0 amide bonds. The highest BCUT2D eigenvalue weighted by atomic mass is 16.4. The van der Waals surface area contributed by atoms with E-state index in [0.29, 0.717) is 16.7 Å². The number of carboxylic acid groups (broad SMARTS) is 1. The molecule has 0 unspecified atom stereocenters. The number of aryl methyl sites for hydroxylation is 1. The Labute approximate surface area is 109 Å². The Hall–Kier alpha value is -2.15. The summed E-state index contributed by atoms with van der Waals surface area (Å²) in [7, 11) is 1.73. The molecule has 0 aliphatic rings. The number of rotatable bonds is 4. The third-order valence-corrected chi connectivity index (χ3v) is 2.85. The minimum absolute atomic E-state index is 0.0574. The first kappa shape index (κ1) is 13.3. The van der Waals surface area contributed by atoms with E-state index < -0.39 is 11.5 Å². The summed E-state index contributed by atoms with van der Waals surface area (Å²) >= 11 is 0. The Kier molecular flexibility index (Phi) is 3.15. The van der Waals surface area contributed by atoms with Crippen molar-refractivity contribution in [2.24, 2.45) is 7.05 Å². The van der Waals surface area contributed by atoms with Crippen molar-refractivity contribution in [3.63, 3.8) is 0 Å². The quantitative estimate of drug-likeness (QED) is 0.757. The van der Waals surface area contributed by atoms with Gasteiger partial charge in [-0.3, -0.25) is 4.68 Å². The number of fused-ring (bicyclic) bond motifs is 1. The molecule has 19 heavy (non-hydrogen) atoms. The Morgan fingerprint density at radius 3 is 2.74 bits per heavy atom. The van der Waals surface area contributed by atoms with Crippen LogP contribution in [0.4, 0.5) is 5.69 Å². The second-order valence-corrected chi connectivity index (χ2v) is 5.02. The lowest BCUT2D eigenvalue weighted by atomic mass is 10.0. The van der Waals surface area contributed by atoms with Crippen molar-refractivity contribution in [3.8, 4) is 0 Å². The van der Waals surface area contributed by atoms with Crippen molar-refractivity contribution < 1.29 is 15.0 Å². The van der Waals surface area contributed by atoms with Crippen LogP contribution in [0.15, 0.2) is 12.4 Å². The van der Waals surface area contributed by atoms with Gasteiger partial charge in [0.15, 0.2) is 5.65 Å². The summed E-state index contributed by atoms with van der Waals surface area (Å²) in [6, 6.07) is 0. The highest BCUT2D eigenvalue weighted by molar-refractivity contribution is 6.03. The van der Waals surface area contributed by atoms with Crippen molar-refractivity contribution in [2.75, 3.05) is 11.9 Å². The number of aromatic carboxylic acids is 1. The largest absolute Gasteiger partial charge is 0.478 e. The molecule has 2 aromatic heterocycles. The average Bonchev–Trinajstić information content (AvgIpc) is 2.71. The lowest BCUT2D eigenvalue weighted by Gasteiger charge is -2.26. The van der Waals surface area contributed by atoms with Crippen molar-refractivity contribution in [2.45, 2.75) is 19.4 Å². The minimum atomic E-state index is -1.07. The summed E-state index contributed by atoms with van der Waals surface area (Å²) in [6.45, 7) is 3.43. The summed E-state index contributed by atoms with van der Waals surface area (Å²) in [5.41, 5.74) is 0.418. The molecule has 0 aliphatic heterocycles. The summed E-state index contributed by atoms with van der Waals surface area (Å²) in [6.07, 6.45) is 2.85. The number of hydrogen-bond acceptors (Lipinski definition) is 5. The fourth-order valence-corrected chi connectivity index (χ4v) is 1.77. The maximum Gasteiger partial charge on any atom is 0.339 e. The number of nitrogens with zero attached hydrogens (tertiary/aromatic N) is 3. The molecule has 2 aromatic rings. The zero-order chi connectivity index (χ0) is 14.2. The second-order valence-electron chi connectivity index (χ2n) is 5.02. The lowest BCUT2D eigenvalue weighted by molar-refractivity contribution is 0.0697. The van der Waals surface area contributed by atoms with Crippen LogP contribution in [-0.4, -0.2) is 43.1 Å². The number of nitrogens with one attached hydrogen (secondary N) is 1. The van der Waals surface area contributed by atoms with Gasteiger partial charge < -0.3 is 15.5 Å². The van der Waals surface area contributed by atoms with Crippen LogP contribution in [0, 0.1) is 0 Å². The van der Waals surface area contributed by atoms with Gasteiger partial charge in [-0.05, 0) is 13.8 Å². The van der Waals surface area contributed by atoms with Crippen LogP contribution in [0.2, 0.25) is 0 Å². The predicted octanol–water partition coefficient (Wildman–Crippen LogP) is 0.849. The van der Waals surface area contributed by atoms with Crippen LogP contribution in [-0.2, 0) is 7.05 Å². The number of anilines is 1. The van der Waals surface area contributed by atoms with Crippen molar-refractivity contribution >= 4 is 22.7 Å². The fourth-order valence-electron chi connectivity index (χ4n) is 1.77. The van der Waals surface area contributed by atoms with E-state index in [1.165, 1.54) is 6.20 Å². The SMILES string of the molecule is Cn1ncc2c(NC(C)(C)CO)c(C(=O)O)cnc21. The van der Waals surface area contributed by atoms with E-state index in [0.717, 1.165) is 0 Å².